The number of carbonyl (C=O) groups is 1. The van der Waals surface area contributed by atoms with Crippen molar-refractivity contribution in [1.82, 2.24) is 14.5 Å². The van der Waals surface area contributed by atoms with Crippen molar-refractivity contribution in [2.75, 3.05) is 13.1 Å². The first-order chi connectivity index (χ1) is 20.2. The Bertz CT molecular complexity index is 1690. The van der Waals surface area contributed by atoms with Crippen LogP contribution in [0.15, 0.2) is 64.3 Å². The minimum absolute atomic E-state index is 0.0577. The Hall–Kier alpha value is -3.91. The van der Waals surface area contributed by atoms with Crippen molar-refractivity contribution in [2.24, 2.45) is 0 Å². The van der Waals surface area contributed by atoms with Crippen molar-refractivity contribution in [3.63, 3.8) is 0 Å². The van der Waals surface area contributed by atoms with Gasteiger partial charge in [-0.05, 0) is 75.8 Å². The highest BCUT2D eigenvalue weighted by Crippen LogP contribution is 2.32. The molecule has 0 spiro atoms. The quantitative estimate of drug-likeness (QED) is 0.218. The molecule has 1 fully saturated rings. The number of pyridine rings is 1. The zero-order valence-electron chi connectivity index (χ0n) is 24.4. The number of benzene rings is 2. The van der Waals surface area contributed by atoms with Crippen molar-refractivity contribution in [3.05, 3.63) is 97.8 Å². The number of likely N-dealkylation sites (tertiary alicyclic amines) is 1. The Kier molecular flexibility index (Phi) is 8.82. The fraction of sp³-hybridized carbons (Fsp3) is 0.324. The van der Waals surface area contributed by atoms with Crippen LogP contribution in [0.1, 0.15) is 79.2 Å². The molecule has 0 radical (unpaired) electrons. The summed E-state index contributed by atoms with van der Waals surface area (Å²) in [7, 11) is 0. The van der Waals surface area contributed by atoms with Crippen LogP contribution >= 0.6 is 11.3 Å². The van der Waals surface area contributed by atoms with Crippen LogP contribution in [-0.2, 0) is 6.42 Å². The Morgan fingerprint density at radius 2 is 1.76 bits per heavy atom. The monoisotopic (exact) mass is 587 g/mol. The molecule has 5 nitrogen and oxygen atoms in total. The van der Waals surface area contributed by atoms with Gasteiger partial charge in [0.1, 0.15) is 5.01 Å². The number of aromatic nitrogens is 2. The fourth-order valence-corrected chi connectivity index (χ4v) is 6.22. The van der Waals surface area contributed by atoms with Gasteiger partial charge >= 0.3 is 0 Å². The highest BCUT2D eigenvalue weighted by atomic mass is 32.1. The molecule has 218 valence electrons. The van der Waals surface area contributed by atoms with Crippen LogP contribution in [0, 0.1) is 6.92 Å². The van der Waals surface area contributed by atoms with Crippen LogP contribution < -0.4 is 5.56 Å². The molecule has 0 saturated carbocycles. The summed E-state index contributed by atoms with van der Waals surface area (Å²) >= 11 is 1.30. The van der Waals surface area contributed by atoms with Gasteiger partial charge < -0.3 is 4.90 Å². The van der Waals surface area contributed by atoms with Crippen LogP contribution in [0.4, 0.5) is 8.78 Å². The van der Waals surface area contributed by atoms with Gasteiger partial charge in [0.05, 0.1) is 28.2 Å². The summed E-state index contributed by atoms with van der Waals surface area (Å²) in [4.78, 5) is 35.2. The van der Waals surface area contributed by atoms with Crippen LogP contribution in [-0.4, -0.2) is 33.4 Å². The van der Waals surface area contributed by atoms with Crippen molar-refractivity contribution in [3.8, 4) is 27.5 Å². The Balaban J connectivity index is 1.76. The molecule has 42 heavy (non-hydrogen) atoms. The number of aryl methyl sites for hydroxylation is 2. The molecule has 1 aliphatic rings. The number of hydrogen-bond donors (Lipinski definition) is 0. The van der Waals surface area contributed by atoms with Gasteiger partial charge in [-0.25, -0.2) is 13.8 Å². The van der Waals surface area contributed by atoms with Crippen LogP contribution in [0.5, 0.6) is 0 Å². The Morgan fingerprint density at radius 3 is 2.40 bits per heavy atom. The van der Waals surface area contributed by atoms with E-state index in [4.69, 9.17) is 4.98 Å². The van der Waals surface area contributed by atoms with Crippen molar-refractivity contribution in [2.45, 2.75) is 59.8 Å². The number of halogens is 2. The van der Waals surface area contributed by atoms with E-state index in [0.717, 1.165) is 41.6 Å². The summed E-state index contributed by atoms with van der Waals surface area (Å²) in [5.41, 5.74) is 6.06. The lowest BCUT2D eigenvalue weighted by molar-refractivity contribution is 0.0723. The average molecular weight is 588 g/mol. The fourth-order valence-electron chi connectivity index (χ4n) is 5.39. The molecular formula is C34H35F2N3O2S. The number of nitrogens with zero attached hydrogens (tertiary/aromatic N) is 3. The molecule has 2 aromatic carbocycles. The molecule has 0 unspecified atom stereocenters. The first-order valence-electron chi connectivity index (χ1n) is 14.4. The molecule has 4 aromatic rings. The highest BCUT2D eigenvalue weighted by molar-refractivity contribution is 7.13. The van der Waals surface area contributed by atoms with Gasteiger partial charge in [-0.15, -0.1) is 11.3 Å². The van der Waals surface area contributed by atoms with Crippen molar-refractivity contribution >= 4 is 23.3 Å². The molecule has 8 heteroatoms. The lowest BCUT2D eigenvalue weighted by Crippen LogP contribution is -2.37. The number of hydrogen-bond acceptors (Lipinski definition) is 4. The van der Waals surface area contributed by atoms with E-state index in [1.54, 1.807) is 22.8 Å². The molecule has 0 bridgehead atoms. The average Bonchev–Trinajstić information content (AvgIpc) is 3.47. The molecule has 5 rings (SSSR count). The maximum atomic E-state index is 14.5. The third-order valence-electron chi connectivity index (χ3n) is 7.59. The largest absolute Gasteiger partial charge is 0.339 e. The van der Waals surface area contributed by atoms with Gasteiger partial charge in [-0.2, -0.15) is 0 Å². The highest BCUT2D eigenvalue weighted by Gasteiger charge is 2.27. The number of thiazole rings is 1. The second kappa shape index (κ2) is 12.5. The Morgan fingerprint density at radius 1 is 1.05 bits per heavy atom. The zero-order valence-corrected chi connectivity index (χ0v) is 25.2. The van der Waals surface area contributed by atoms with Crippen molar-refractivity contribution in [1.29, 1.82) is 0 Å². The van der Waals surface area contributed by atoms with Crippen LogP contribution in [0.3, 0.4) is 0 Å². The summed E-state index contributed by atoms with van der Waals surface area (Å²) in [6.07, 6.45) is 3.09. The minimum Gasteiger partial charge on any atom is -0.339 e. The molecular weight excluding hydrogens is 552 g/mol. The molecule has 2 aromatic heterocycles. The third kappa shape index (κ3) is 6.00. The second-order valence-electron chi connectivity index (χ2n) is 11.0. The van der Waals surface area contributed by atoms with Gasteiger partial charge in [0.2, 0.25) is 0 Å². The predicted octanol–water partition coefficient (Wildman–Crippen LogP) is 8.49. The first-order valence-corrected chi connectivity index (χ1v) is 15.2. The van der Waals surface area contributed by atoms with E-state index < -0.39 is 6.43 Å². The second-order valence-corrected chi connectivity index (χ2v) is 11.9. The maximum Gasteiger partial charge on any atom is 0.265 e. The van der Waals surface area contributed by atoms with E-state index in [9.17, 15) is 18.4 Å². The number of alkyl halides is 2. The number of allylic oxidation sites excluding steroid dienone is 1. The summed E-state index contributed by atoms with van der Waals surface area (Å²) in [5, 5.41) is 2.29. The SMILES string of the molecule is CCc1ccc(C)cc1-n1c(C=C(C)C)c(C(=O)N2CCCCC2)cc(-c2nc(-c3ccc(C(F)F)cc3)cs2)c1=O. The number of carbonyl (C=O) groups excluding carboxylic acids is 1. The van der Waals surface area contributed by atoms with Crippen molar-refractivity contribution < 1.29 is 13.6 Å². The van der Waals surface area contributed by atoms with Crippen LogP contribution in [0.25, 0.3) is 33.6 Å². The normalized spacial score (nSPS) is 13.5. The summed E-state index contributed by atoms with van der Waals surface area (Å²) < 4.78 is 27.9. The van der Waals surface area contributed by atoms with E-state index >= 15 is 0 Å². The van der Waals surface area contributed by atoms with Crippen LogP contribution in [0.2, 0.25) is 0 Å². The summed E-state index contributed by atoms with van der Waals surface area (Å²) in [6.45, 7) is 9.33. The van der Waals surface area contributed by atoms with E-state index in [0.29, 0.717) is 52.6 Å². The van der Waals surface area contributed by atoms with Gasteiger partial charge in [0.25, 0.3) is 17.9 Å². The predicted molar refractivity (Wildman–Crippen MR) is 167 cm³/mol. The lowest BCUT2D eigenvalue weighted by Gasteiger charge is -2.28. The maximum absolute atomic E-state index is 14.5. The first kappa shape index (κ1) is 29.6. The standard InChI is InChI=1S/C34H35F2N3O2S/c1-5-23-10-9-22(4)18-29(23)39-30(17-21(2)3)26(33(40)38-15-7-6-8-16-38)19-27(34(39)41)32-37-28(20-42-32)24-11-13-25(14-12-24)31(35)36/h9-14,17-20,31H,5-8,15-16H2,1-4H3. The number of rotatable bonds is 7. The Labute approximate surface area is 249 Å². The molecule has 0 N–H and O–H groups in total. The number of piperidine rings is 1. The van der Waals surface area contributed by atoms with E-state index in [1.807, 2.05) is 55.3 Å². The molecule has 0 aliphatic carbocycles. The zero-order chi connectivity index (χ0) is 30.0. The van der Waals surface area contributed by atoms with E-state index in [1.165, 1.54) is 23.5 Å². The lowest BCUT2D eigenvalue weighted by atomic mass is 10.0. The smallest absolute Gasteiger partial charge is 0.265 e. The molecule has 1 amide bonds. The van der Waals surface area contributed by atoms with Gasteiger partial charge in [-0.1, -0.05) is 48.9 Å². The van der Waals surface area contributed by atoms with Gasteiger partial charge in [-0.3, -0.25) is 14.2 Å². The topological polar surface area (TPSA) is 55.2 Å². The van der Waals surface area contributed by atoms with Gasteiger partial charge in [0, 0.05) is 29.6 Å². The van der Waals surface area contributed by atoms with E-state index in [-0.39, 0.29) is 17.0 Å². The molecule has 1 saturated heterocycles. The minimum atomic E-state index is -2.55. The summed E-state index contributed by atoms with van der Waals surface area (Å²) in [5.74, 6) is -0.0951. The van der Waals surface area contributed by atoms with Gasteiger partial charge in [0.15, 0.2) is 0 Å². The summed E-state index contributed by atoms with van der Waals surface area (Å²) in [6, 6.07) is 13.8. The molecule has 1 aliphatic heterocycles. The number of amides is 1. The third-order valence-corrected chi connectivity index (χ3v) is 8.47. The van der Waals surface area contributed by atoms with E-state index in [2.05, 4.69) is 6.92 Å². The molecule has 0 atom stereocenters. The molecule has 3 heterocycles.